The number of hydrogen-bond acceptors (Lipinski definition) is 2. The van der Waals surface area contributed by atoms with Crippen LogP contribution in [0.15, 0.2) is 60.9 Å². The average molecular weight is 903 g/mol. The van der Waals surface area contributed by atoms with E-state index < -0.39 is 32.9 Å². The molecule has 0 aliphatic carbocycles. The number of nitrogens with one attached hydrogen (secondary N) is 2. The van der Waals surface area contributed by atoms with Crippen LogP contribution in [0.25, 0.3) is 31.1 Å². The van der Waals surface area contributed by atoms with E-state index in [1.54, 1.807) is 0 Å². The van der Waals surface area contributed by atoms with Crippen molar-refractivity contribution in [3.8, 4) is 0 Å². The molecule has 1 radical (unpaired) electrons. The zero-order chi connectivity index (χ0) is 37.2. The number of para-hydroxylation sites is 2. The van der Waals surface area contributed by atoms with Gasteiger partial charge in [0.1, 0.15) is 0 Å². The predicted octanol–water partition coefficient (Wildman–Crippen LogP) is 8.43. The van der Waals surface area contributed by atoms with Gasteiger partial charge in [0.15, 0.2) is 0 Å². The fourth-order valence-electron chi connectivity index (χ4n) is 5.16. The monoisotopic (exact) mass is 903 g/mol. The second-order valence-electron chi connectivity index (χ2n) is 18.7. The van der Waals surface area contributed by atoms with Crippen LogP contribution in [0, 0.1) is 46.9 Å². The van der Waals surface area contributed by atoms with E-state index in [1.807, 2.05) is 24.5 Å². The molecule has 0 aliphatic heterocycles. The summed E-state index contributed by atoms with van der Waals surface area (Å²) in [5.74, 6) is 0. The van der Waals surface area contributed by atoms with Crippen LogP contribution in [0.4, 0.5) is 0 Å². The van der Waals surface area contributed by atoms with E-state index in [-0.39, 0.29) is 76.9 Å². The Bertz CT molecular complexity index is 1360. The Labute approximate surface area is 362 Å². The molecule has 2 N–H and O–H groups in total. The molecule has 0 aliphatic rings. The second-order valence-corrected chi connectivity index (χ2v) is 37.9. The van der Waals surface area contributed by atoms with Crippen LogP contribution in [-0.2, 0) is 13.1 Å². The fraction of sp³-hybridized carbons (Fsp3) is 0.579. The third kappa shape index (κ3) is 26.2. The standard InChI is InChI=1S/2C13H17N2.2C6H18NSi2.Li.Yb/c2*1-13(2,3)15-9-10-8-14-12-7-5-4-6-11(10)12;2*1-8(2,3)7-9(4,5)6;;/h2*4-8,15H,9H2,1-3H3;2*1-6H3;;/q4*-1;+1;+3. The van der Waals surface area contributed by atoms with Crippen LogP contribution in [0.1, 0.15) is 52.7 Å². The molecule has 2 aromatic carbocycles. The van der Waals surface area contributed by atoms with Gasteiger partial charge in [-0.15, -0.1) is 11.0 Å². The van der Waals surface area contributed by atoms with Crippen molar-refractivity contribution < 1.29 is 65.8 Å². The Morgan fingerprint density at radius 1 is 0.500 bits per heavy atom. The minimum Gasteiger partial charge on any atom is -0.668 e. The van der Waals surface area contributed by atoms with E-state index in [4.69, 9.17) is 9.30 Å². The third-order valence-corrected chi connectivity index (χ3v) is 16.9. The largest absolute Gasteiger partial charge is 3.00 e. The van der Waals surface area contributed by atoms with Crippen molar-refractivity contribution in [2.45, 2.75) is 144 Å². The number of fused-ring (bicyclic) bond motifs is 2. The Balaban J connectivity index is 0. The molecule has 2 aromatic heterocycles. The van der Waals surface area contributed by atoms with Crippen LogP contribution in [0.3, 0.4) is 0 Å². The molecule has 0 saturated carbocycles. The Kier molecular flexibility index (Phi) is 23.1. The Morgan fingerprint density at radius 3 is 0.980 bits per heavy atom. The minimum atomic E-state index is -1.11. The van der Waals surface area contributed by atoms with Gasteiger partial charge in [0, 0.05) is 24.2 Å². The van der Waals surface area contributed by atoms with Gasteiger partial charge < -0.3 is 29.9 Å². The number of nitrogens with zero attached hydrogens (tertiary/aromatic N) is 4. The first-order valence-electron chi connectivity index (χ1n) is 17.5. The molecule has 283 valence electrons. The van der Waals surface area contributed by atoms with Crippen molar-refractivity contribution in [1.82, 2.24) is 20.6 Å². The predicted molar refractivity (Wildman–Crippen MR) is 228 cm³/mol. The fourth-order valence-corrected chi connectivity index (χ4v) is 21.3. The molecule has 0 spiro atoms. The van der Waals surface area contributed by atoms with Crippen LogP contribution < -0.4 is 39.5 Å². The molecule has 0 atom stereocenters. The van der Waals surface area contributed by atoms with Gasteiger partial charge in [-0.2, -0.15) is 12.4 Å². The summed E-state index contributed by atoms with van der Waals surface area (Å²) in [5, 5.41) is 9.47. The summed E-state index contributed by atoms with van der Waals surface area (Å²) in [6, 6.07) is 16.5. The van der Waals surface area contributed by atoms with E-state index in [9.17, 15) is 0 Å². The van der Waals surface area contributed by atoms with Crippen LogP contribution in [0.2, 0.25) is 78.6 Å². The third-order valence-electron chi connectivity index (χ3n) is 6.18. The van der Waals surface area contributed by atoms with Gasteiger partial charge in [0.05, 0.1) is 0 Å². The van der Waals surface area contributed by atoms with Crippen molar-refractivity contribution in [3.63, 3.8) is 0 Å². The zero-order valence-corrected chi connectivity index (χ0v) is 41.0. The maximum atomic E-state index is 4.82. The molecule has 0 saturated heterocycles. The Hall–Kier alpha value is 0.344. The van der Waals surface area contributed by atoms with Crippen LogP contribution in [-0.4, -0.2) is 44.0 Å². The SMILES string of the molecule is CC(C)(C)NCc1c[n-]c2ccccc12.CC(C)(C)NCc1c[n-]c2ccccc12.C[Si](C)(C)[N-][Si](C)(C)C.C[Si](C)(C)[N-][Si](C)(C)C.[Li+].[Yb+3]. The van der Waals surface area contributed by atoms with Gasteiger partial charge >= 0.3 is 65.8 Å². The van der Waals surface area contributed by atoms with Gasteiger partial charge in [-0.25, -0.2) is 0 Å². The molecule has 4 aromatic rings. The zero-order valence-electron chi connectivity index (χ0n) is 35.2. The van der Waals surface area contributed by atoms with E-state index in [1.165, 1.54) is 21.9 Å². The van der Waals surface area contributed by atoms with Gasteiger partial charge in [-0.05, 0) is 63.4 Å². The first kappa shape index (κ1) is 52.4. The maximum Gasteiger partial charge on any atom is 3.00 e. The summed E-state index contributed by atoms with van der Waals surface area (Å²) in [5.41, 5.74) is 5.03. The normalized spacial score (nSPS) is 12.4. The summed E-state index contributed by atoms with van der Waals surface area (Å²) in [4.78, 5) is 8.76. The molecule has 0 bridgehead atoms. The summed E-state index contributed by atoms with van der Waals surface area (Å²) in [7, 11) is -4.42. The maximum absolute atomic E-state index is 4.82. The topological polar surface area (TPSA) is 80.5 Å². The number of hydrogen-bond donors (Lipinski definition) is 2. The van der Waals surface area contributed by atoms with E-state index in [0.29, 0.717) is 0 Å². The second kappa shape index (κ2) is 22.0. The molecular weight excluding hydrogens is 833 g/mol. The summed E-state index contributed by atoms with van der Waals surface area (Å²) >= 11 is 0. The first-order valence-corrected chi connectivity index (χ1v) is 31.3. The van der Waals surface area contributed by atoms with Crippen molar-refractivity contribution in [3.05, 3.63) is 81.3 Å². The van der Waals surface area contributed by atoms with Gasteiger partial charge in [-0.1, -0.05) is 160 Å². The molecule has 12 heteroatoms. The summed E-state index contributed by atoms with van der Waals surface area (Å²) in [6.07, 6.45) is 3.92. The van der Waals surface area contributed by atoms with Gasteiger partial charge in [-0.3, -0.25) is 0 Å². The van der Waals surface area contributed by atoms with E-state index >= 15 is 0 Å². The average Bonchev–Trinajstić information content (AvgIpc) is 3.46. The minimum absolute atomic E-state index is 0. The number of aromatic nitrogens is 2. The molecule has 50 heavy (non-hydrogen) atoms. The molecule has 0 amide bonds. The van der Waals surface area contributed by atoms with Crippen molar-refractivity contribution >= 4 is 54.7 Å². The van der Waals surface area contributed by atoms with Crippen molar-refractivity contribution in [2.75, 3.05) is 0 Å². The van der Waals surface area contributed by atoms with Gasteiger partial charge in [0.25, 0.3) is 0 Å². The summed E-state index contributed by atoms with van der Waals surface area (Å²) in [6.45, 7) is 42.4. The quantitative estimate of drug-likeness (QED) is 0.174. The van der Waals surface area contributed by atoms with E-state index in [0.717, 1.165) is 24.1 Å². The molecule has 6 nitrogen and oxygen atoms in total. The number of benzene rings is 2. The molecule has 0 unspecified atom stereocenters. The molecular formula is C38H70LiN6Si4Yb. The first-order chi connectivity index (χ1) is 21.5. The summed E-state index contributed by atoms with van der Waals surface area (Å²) < 4.78 is 9.64. The van der Waals surface area contributed by atoms with Crippen molar-refractivity contribution in [1.29, 1.82) is 0 Å². The molecule has 4 rings (SSSR count). The van der Waals surface area contributed by atoms with Gasteiger partial charge in [0.2, 0.25) is 0 Å². The molecule has 2 heterocycles. The van der Waals surface area contributed by atoms with Crippen LogP contribution >= 0.6 is 0 Å². The smallest absolute Gasteiger partial charge is 0.668 e. The number of rotatable bonds is 8. The van der Waals surface area contributed by atoms with E-state index in [2.05, 4.69) is 177 Å². The Morgan fingerprint density at radius 2 is 0.760 bits per heavy atom. The molecule has 0 fully saturated rings. The van der Waals surface area contributed by atoms with Crippen molar-refractivity contribution in [2.24, 2.45) is 0 Å². The van der Waals surface area contributed by atoms with Crippen LogP contribution in [0.5, 0.6) is 0 Å².